The molecule has 1 aromatic heterocycles. The van der Waals surface area contributed by atoms with Crippen LogP contribution in [0.2, 0.25) is 5.02 Å². The van der Waals surface area contributed by atoms with Crippen LogP contribution in [-0.4, -0.2) is 35.3 Å². The molecule has 0 unspecified atom stereocenters. The molecular weight excluding hydrogens is 388 g/mol. The van der Waals surface area contributed by atoms with Gasteiger partial charge in [-0.25, -0.2) is 4.79 Å². The van der Waals surface area contributed by atoms with E-state index in [1.807, 2.05) is 18.2 Å². The number of halogens is 1. The maximum atomic E-state index is 12.4. The monoisotopic (exact) mass is 400 g/mol. The summed E-state index contributed by atoms with van der Waals surface area (Å²) in [5, 5.41) is 12.4. The number of nitrogens with one attached hydrogen (secondary N) is 1. The number of carbonyl (C=O) groups is 2. The molecule has 136 valence electrons. The fraction of sp³-hybridized carbons (Fsp3) is 0.111. The van der Waals surface area contributed by atoms with Crippen LogP contribution in [0.25, 0.3) is 10.6 Å². The van der Waals surface area contributed by atoms with Crippen molar-refractivity contribution < 1.29 is 14.3 Å². The molecular formula is C18H13ClN4O3S. The lowest BCUT2D eigenvalue weighted by molar-refractivity contribution is 0.102. The molecule has 0 radical (unpaired) electrons. The number of carbonyl (C=O) groups excluding carboxylic acids is 2. The molecule has 2 heterocycles. The molecule has 9 heteroatoms. The van der Waals surface area contributed by atoms with Gasteiger partial charge in [-0.15, -0.1) is 10.2 Å². The summed E-state index contributed by atoms with van der Waals surface area (Å²) in [7, 11) is 0. The third-order valence-electron chi connectivity index (χ3n) is 3.95. The normalized spacial score (nSPS) is 13.5. The first-order chi connectivity index (χ1) is 13.1. The summed E-state index contributed by atoms with van der Waals surface area (Å²) >= 11 is 7.40. The highest BCUT2D eigenvalue weighted by atomic mass is 35.5. The van der Waals surface area contributed by atoms with Gasteiger partial charge in [-0.3, -0.25) is 15.0 Å². The van der Waals surface area contributed by atoms with Crippen LogP contribution >= 0.6 is 22.9 Å². The Balaban J connectivity index is 1.46. The zero-order valence-electron chi connectivity index (χ0n) is 13.9. The van der Waals surface area contributed by atoms with Crippen molar-refractivity contribution in [2.75, 3.05) is 23.4 Å². The van der Waals surface area contributed by atoms with E-state index in [1.165, 1.54) is 16.2 Å². The smallest absolute Gasteiger partial charge is 0.414 e. The summed E-state index contributed by atoms with van der Waals surface area (Å²) in [6.07, 6.45) is -0.381. The summed E-state index contributed by atoms with van der Waals surface area (Å²) in [4.78, 5) is 25.5. The Morgan fingerprint density at radius 2 is 1.93 bits per heavy atom. The van der Waals surface area contributed by atoms with E-state index >= 15 is 0 Å². The first kappa shape index (κ1) is 17.4. The Bertz CT molecular complexity index is 1010. The van der Waals surface area contributed by atoms with E-state index < -0.39 is 0 Å². The fourth-order valence-electron chi connectivity index (χ4n) is 2.61. The van der Waals surface area contributed by atoms with E-state index in [4.69, 9.17) is 16.3 Å². The molecule has 1 N–H and O–H groups in total. The molecule has 4 rings (SSSR count). The minimum absolute atomic E-state index is 0.313. The Morgan fingerprint density at radius 1 is 1.15 bits per heavy atom. The van der Waals surface area contributed by atoms with Gasteiger partial charge < -0.3 is 4.74 Å². The second-order valence-electron chi connectivity index (χ2n) is 5.66. The van der Waals surface area contributed by atoms with E-state index in [0.717, 1.165) is 5.56 Å². The van der Waals surface area contributed by atoms with Crippen molar-refractivity contribution in [2.24, 2.45) is 0 Å². The number of rotatable bonds is 4. The predicted octanol–water partition coefficient (Wildman–Crippen LogP) is 4.07. The summed E-state index contributed by atoms with van der Waals surface area (Å²) in [5.41, 5.74) is 1.89. The van der Waals surface area contributed by atoms with Gasteiger partial charge in [0.15, 0.2) is 5.01 Å². The van der Waals surface area contributed by atoms with Crippen LogP contribution in [0.15, 0.2) is 48.5 Å². The molecule has 3 aromatic rings. The third-order valence-corrected chi connectivity index (χ3v) is 5.15. The number of aromatic nitrogens is 2. The molecule has 0 spiro atoms. The van der Waals surface area contributed by atoms with Crippen LogP contribution in [0.1, 0.15) is 10.4 Å². The average Bonchev–Trinajstić information content (AvgIpc) is 3.31. The van der Waals surface area contributed by atoms with Crippen LogP contribution in [-0.2, 0) is 4.74 Å². The highest BCUT2D eigenvalue weighted by Crippen LogP contribution is 2.31. The van der Waals surface area contributed by atoms with Crippen molar-refractivity contribution in [1.82, 2.24) is 10.2 Å². The zero-order chi connectivity index (χ0) is 18.8. The maximum Gasteiger partial charge on any atom is 0.414 e. The number of anilines is 2. The maximum absolute atomic E-state index is 12.4. The molecule has 1 saturated heterocycles. The van der Waals surface area contributed by atoms with E-state index in [1.54, 1.807) is 30.3 Å². The SMILES string of the molecule is O=C(Nc1nnc(-c2ccccc2Cl)s1)c1ccc(N2CCOC2=O)cc1. The number of benzene rings is 2. The molecule has 0 bridgehead atoms. The van der Waals surface area contributed by atoms with Gasteiger partial charge in [0, 0.05) is 16.8 Å². The number of amides is 2. The summed E-state index contributed by atoms with van der Waals surface area (Å²) in [6.45, 7) is 0.867. The third kappa shape index (κ3) is 3.62. The number of hydrogen-bond acceptors (Lipinski definition) is 6. The van der Waals surface area contributed by atoms with Crippen molar-refractivity contribution in [3.63, 3.8) is 0 Å². The lowest BCUT2D eigenvalue weighted by atomic mass is 10.2. The second-order valence-corrected chi connectivity index (χ2v) is 7.04. The highest BCUT2D eigenvalue weighted by Gasteiger charge is 2.23. The van der Waals surface area contributed by atoms with Gasteiger partial charge >= 0.3 is 6.09 Å². The summed E-state index contributed by atoms with van der Waals surface area (Å²) in [6, 6.07) is 14.0. The Kier molecular flexibility index (Phi) is 4.74. The van der Waals surface area contributed by atoms with Crippen LogP contribution in [0, 0.1) is 0 Å². The Hall–Kier alpha value is -2.97. The standard InChI is InChI=1S/C18H13ClN4O3S/c19-14-4-2-1-3-13(14)16-21-22-17(27-16)20-15(24)11-5-7-12(8-6-11)23-9-10-26-18(23)25/h1-8H,9-10H2,(H,20,22,24). The molecule has 1 fully saturated rings. The van der Waals surface area contributed by atoms with Crippen molar-refractivity contribution in [1.29, 1.82) is 0 Å². The molecule has 0 saturated carbocycles. The van der Waals surface area contributed by atoms with Gasteiger partial charge in [-0.2, -0.15) is 0 Å². The first-order valence-electron chi connectivity index (χ1n) is 8.06. The second kappa shape index (κ2) is 7.34. The van der Waals surface area contributed by atoms with Crippen molar-refractivity contribution >= 4 is 45.8 Å². The molecule has 0 aliphatic carbocycles. The largest absolute Gasteiger partial charge is 0.447 e. The summed E-state index contributed by atoms with van der Waals surface area (Å²) < 4.78 is 4.91. The lowest BCUT2D eigenvalue weighted by Crippen LogP contribution is -2.23. The van der Waals surface area contributed by atoms with E-state index in [9.17, 15) is 9.59 Å². The van der Waals surface area contributed by atoms with Crippen LogP contribution in [0.3, 0.4) is 0 Å². The van der Waals surface area contributed by atoms with E-state index in [2.05, 4.69) is 15.5 Å². The van der Waals surface area contributed by atoms with Crippen LogP contribution < -0.4 is 10.2 Å². The molecule has 27 heavy (non-hydrogen) atoms. The Morgan fingerprint density at radius 3 is 2.63 bits per heavy atom. The van der Waals surface area contributed by atoms with Gasteiger partial charge in [-0.1, -0.05) is 41.1 Å². The molecule has 0 atom stereocenters. The number of cyclic esters (lactones) is 1. The fourth-order valence-corrected chi connectivity index (χ4v) is 3.67. The minimum atomic E-state index is -0.381. The number of hydrogen-bond donors (Lipinski definition) is 1. The number of ether oxygens (including phenoxy) is 1. The molecule has 7 nitrogen and oxygen atoms in total. The van der Waals surface area contributed by atoms with E-state index in [0.29, 0.717) is 39.6 Å². The predicted molar refractivity (Wildman–Crippen MR) is 103 cm³/mol. The zero-order valence-corrected chi connectivity index (χ0v) is 15.5. The minimum Gasteiger partial charge on any atom is -0.447 e. The highest BCUT2D eigenvalue weighted by molar-refractivity contribution is 7.18. The lowest BCUT2D eigenvalue weighted by Gasteiger charge is -2.12. The van der Waals surface area contributed by atoms with Gasteiger partial charge in [0.2, 0.25) is 5.13 Å². The molecule has 2 aromatic carbocycles. The first-order valence-corrected chi connectivity index (χ1v) is 9.25. The van der Waals surface area contributed by atoms with Crippen molar-refractivity contribution in [2.45, 2.75) is 0 Å². The number of nitrogens with zero attached hydrogens (tertiary/aromatic N) is 3. The van der Waals surface area contributed by atoms with Crippen LogP contribution in [0.5, 0.6) is 0 Å². The average molecular weight is 401 g/mol. The van der Waals surface area contributed by atoms with Gasteiger partial charge in [0.1, 0.15) is 6.61 Å². The van der Waals surface area contributed by atoms with Gasteiger partial charge in [-0.05, 0) is 30.3 Å². The topological polar surface area (TPSA) is 84.4 Å². The van der Waals surface area contributed by atoms with Crippen molar-refractivity contribution in [3.8, 4) is 10.6 Å². The summed E-state index contributed by atoms with van der Waals surface area (Å²) in [5.74, 6) is -0.313. The van der Waals surface area contributed by atoms with Gasteiger partial charge in [0.05, 0.1) is 11.6 Å². The molecule has 1 aliphatic heterocycles. The van der Waals surface area contributed by atoms with E-state index in [-0.39, 0.29) is 12.0 Å². The van der Waals surface area contributed by atoms with Gasteiger partial charge in [0.25, 0.3) is 5.91 Å². The van der Waals surface area contributed by atoms with Crippen LogP contribution in [0.4, 0.5) is 15.6 Å². The quantitative estimate of drug-likeness (QED) is 0.713. The molecule has 1 aliphatic rings. The molecule has 2 amide bonds. The van der Waals surface area contributed by atoms with Crippen molar-refractivity contribution in [3.05, 3.63) is 59.1 Å². The Labute approximate surface area is 163 Å².